The topological polar surface area (TPSA) is 137 Å². The molecule has 2 aromatic carbocycles. The zero-order valence-electron chi connectivity index (χ0n) is 22.5. The molecule has 4 aromatic heterocycles. The fraction of sp³-hybridized carbons (Fsp3) is 0.214. The Labute approximate surface area is 242 Å². The van der Waals surface area contributed by atoms with Gasteiger partial charge in [0.05, 0.1) is 11.7 Å². The number of benzene rings is 2. The van der Waals surface area contributed by atoms with Crippen LogP contribution in [0.2, 0.25) is 0 Å². The summed E-state index contributed by atoms with van der Waals surface area (Å²) in [5.74, 6) is 0.311. The predicted molar refractivity (Wildman–Crippen MR) is 147 cm³/mol. The SMILES string of the molecule is O=C(c1cc(-c2nc3cc(-n4cnnc4)ccc3o2)ccn1)N1CCN([C@H](c2ccccc2)c2nnn(C(F)F)n2)CC1. The Bertz CT molecular complexity index is 1870. The summed E-state index contributed by atoms with van der Waals surface area (Å²) >= 11 is 0. The first-order chi connectivity index (χ1) is 21.0. The fourth-order valence-corrected chi connectivity index (χ4v) is 5.15. The van der Waals surface area contributed by atoms with E-state index in [1.54, 1.807) is 40.5 Å². The highest BCUT2D eigenvalue weighted by Gasteiger charge is 2.32. The monoisotopic (exact) mass is 583 g/mol. The molecule has 1 amide bonds. The van der Waals surface area contributed by atoms with E-state index in [0.717, 1.165) is 11.3 Å². The molecule has 15 heteroatoms. The van der Waals surface area contributed by atoms with E-state index >= 15 is 0 Å². The van der Waals surface area contributed by atoms with E-state index in [0.29, 0.717) is 53.5 Å². The number of hydrogen-bond donors (Lipinski definition) is 0. The van der Waals surface area contributed by atoms with Gasteiger partial charge in [-0.2, -0.15) is 8.78 Å². The Morgan fingerprint density at radius 3 is 2.47 bits per heavy atom. The van der Waals surface area contributed by atoms with E-state index in [1.807, 2.05) is 48.5 Å². The first-order valence-corrected chi connectivity index (χ1v) is 13.4. The minimum atomic E-state index is -2.89. The van der Waals surface area contributed by atoms with E-state index in [-0.39, 0.29) is 17.4 Å². The van der Waals surface area contributed by atoms with E-state index in [4.69, 9.17) is 4.42 Å². The lowest BCUT2D eigenvalue weighted by Gasteiger charge is -2.38. The Kier molecular flexibility index (Phi) is 6.82. The summed E-state index contributed by atoms with van der Waals surface area (Å²) in [6.07, 6.45) is 4.75. The zero-order chi connectivity index (χ0) is 29.3. The third-order valence-corrected chi connectivity index (χ3v) is 7.26. The standard InChI is InChI=1S/C28H23F2N11O2/c29-28(30)41-36-25(35-37-41)24(18-4-2-1-3-5-18)38-10-12-39(13-11-38)27(42)22-14-19(8-9-31-22)26-34-21-15-20(6-7-23(21)43-26)40-16-32-33-17-40/h1-9,14-17,24,28H,10-13H2/t24-/m1/s1. The number of nitrogens with zero attached hydrogens (tertiary/aromatic N) is 11. The van der Waals surface area contributed by atoms with Crippen LogP contribution in [0, 0.1) is 0 Å². The molecule has 0 aliphatic carbocycles. The van der Waals surface area contributed by atoms with Crippen LogP contribution in [0.4, 0.5) is 8.78 Å². The number of amides is 1. The molecule has 1 aliphatic rings. The first-order valence-electron chi connectivity index (χ1n) is 13.4. The van der Waals surface area contributed by atoms with Gasteiger partial charge in [0.15, 0.2) is 11.4 Å². The molecule has 1 fully saturated rings. The normalized spacial score (nSPS) is 14.9. The highest BCUT2D eigenvalue weighted by Crippen LogP contribution is 2.29. The van der Waals surface area contributed by atoms with E-state index in [9.17, 15) is 13.6 Å². The van der Waals surface area contributed by atoms with Crippen molar-refractivity contribution in [1.29, 1.82) is 0 Å². The van der Waals surface area contributed by atoms with Gasteiger partial charge >= 0.3 is 6.55 Å². The molecule has 7 rings (SSSR count). The molecule has 6 aromatic rings. The summed E-state index contributed by atoms with van der Waals surface area (Å²) in [5, 5.41) is 19.0. The highest BCUT2D eigenvalue weighted by molar-refractivity contribution is 5.93. The summed E-state index contributed by atoms with van der Waals surface area (Å²) in [5.41, 5.74) is 3.82. The molecule has 43 heavy (non-hydrogen) atoms. The van der Waals surface area contributed by atoms with Crippen LogP contribution in [0.3, 0.4) is 0 Å². The molecule has 1 aliphatic heterocycles. The van der Waals surface area contributed by atoms with Crippen molar-refractivity contribution in [3.8, 4) is 17.1 Å². The smallest absolute Gasteiger partial charge is 0.350 e. The van der Waals surface area contributed by atoms with E-state index in [2.05, 4.69) is 40.5 Å². The number of carbonyl (C=O) groups is 1. The second-order valence-corrected chi connectivity index (χ2v) is 9.86. The van der Waals surface area contributed by atoms with Gasteiger partial charge in [-0.3, -0.25) is 19.2 Å². The minimum absolute atomic E-state index is 0.174. The van der Waals surface area contributed by atoms with Gasteiger partial charge < -0.3 is 9.32 Å². The maximum Gasteiger partial charge on any atom is 0.350 e. The molecule has 0 saturated carbocycles. The molecular weight excluding hydrogens is 560 g/mol. The van der Waals surface area contributed by atoms with Gasteiger partial charge in [0.25, 0.3) is 5.91 Å². The lowest BCUT2D eigenvalue weighted by atomic mass is 10.0. The van der Waals surface area contributed by atoms with Gasteiger partial charge in [-0.15, -0.1) is 20.4 Å². The Hall–Kier alpha value is -5.44. The average Bonchev–Trinajstić information content (AvgIpc) is 3.83. The number of aromatic nitrogens is 9. The van der Waals surface area contributed by atoms with Crippen LogP contribution >= 0.6 is 0 Å². The number of fused-ring (bicyclic) bond motifs is 1. The third kappa shape index (κ3) is 5.21. The molecule has 0 unspecified atom stereocenters. The number of oxazole rings is 1. The molecule has 0 N–H and O–H groups in total. The largest absolute Gasteiger partial charge is 0.436 e. The Morgan fingerprint density at radius 1 is 0.930 bits per heavy atom. The third-order valence-electron chi connectivity index (χ3n) is 7.26. The lowest BCUT2D eigenvalue weighted by molar-refractivity contribution is 0.0385. The highest BCUT2D eigenvalue weighted by atomic mass is 19.3. The van der Waals surface area contributed by atoms with Crippen LogP contribution in [0.5, 0.6) is 0 Å². The van der Waals surface area contributed by atoms with Crippen LogP contribution in [0.15, 0.2) is 83.9 Å². The van der Waals surface area contributed by atoms with Gasteiger partial charge in [-0.05, 0) is 41.1 Å². The number of halogens is 2. The molecule has 216 valence electrons. The van der Waals surface area contributed by atoms with Crippen LogP contribution in [0.1, 0.15) is 34.5 Å². The van der Waals surface area contributed by atoms with Crippen LogP contribution in [-0.4, -0.2) is 86.8 Å². The maximum atomic E-state index is 13.5. The van der Waals surface area contributed by atoms with Crippen LogP contribution in [-0.2, 0) is 0 Å². The summed E-state index contributed by atoms with van der Waals surface area (Å²) in [6, 6.07) is 17.9. The number of rotatable bonds is 7. The lowest BCUT2D eigenvalue weighted by Crippen LogP contribution is -2.50. The summed E-state index contributed by atoms with van der Waals surface area (Å²) < 4.78 is 34.1. The molecule has 0 bridgehead atoms. The van der Waals surface area contributed by atoms with Crippen molar-refractivity contribution < 1.29 is 18.0 Å². The number of piperazine rings is 1. The number of hydrogen-bond acceptors (Lipinski definition) is 10. The van der Waals surface area contributed by atoms with Crippen molar-refractivity contribution in [2.75, 3.05) is 26.2 Å². The number of alkyl halides is 2. The molecule has 5 heterocycles. The average molecular weight is 584 g/mol. The molecule has 1 saturated heterocycles. The minimum Gasteiger partial charge on any atom is -0.436 e. The molecular formula is C28H23F2N11O2. The fourth-order valence-electron chi connectivity index (χ4n) is 5.15. The van der Waals surface area contributed by atoms with Crippen molar-refractivity contribution in [1.82, 2.24) is 54.7 Å². The van der Waals surface area contributed by atoms with Crippen molar-refractivity contribution in [2.45, 2.75) is 12.6 Å². The van der Waals surface area contributed by atoms with Crippen LogP contribution < -0.4 is 0 Å². The van der Waals surface area contributed by atoms with Gasteiger partial charge in [-0.1, -0.05) is 35.1 Å². The van der Waals surface area contributed by atoms with Gasteiger partial charge in [0.2, 0.25) is 5.89 Å². The van der Waals surface area contributed by atoms with Crippen LogP contribution in [0.25, 0.3) is 28.2 Å². The van der Waals surface area contributed by atoms with Crippen molar-refractivity contribution in [2.24, 2.45) is 0 Å². The summed E-state index contributed by atoms with van der Waals surface area (Å²) in [4.78, 5) is 26.5. The summed E-state index contributed by atoms with van der Waals surface area (Å²) in [7, 11) is 0. The number of pyridine rings is 1. The number of tetrazole rings is 1. The molecule has 0 radical (unpaired) electrons. The van der Waals surface area contributed by atoms with E-state index < -0.39 is 12.6 Å². The first kappa shape index (κ1) is 26.5. The van der Waals surface area contributed by atoms with Crippen molar-refractivity contribution in [3.63, 3.8) is 0 Å². The quantitative estimate of drug-likeness (QED) is 0.275. The molecule has 1 atom stereocenters. The predicted octanol–water partition coefficient (Wildman–Crippen LogP) is 3.40. The van der Waals surface area contributed by atoms with Gasteiger partial charge in [0.1, 0.15) is 23.9 Å². The van der Waals surface area contributed by atoms with Gasteiger partial charge in [-0.25, -0.2) is 4.98 Å². The second-order valence-electron chi connectivity index (χ2n) is 9.86. The zero-order valence-corrected chi connectivity index (χ0v) is 22.5. The van der Waals surface area contributed by atoms with Crippen molar-refractivity contribution in [3.05, 3.63) is 96.6 Å². The number of carbonyl (C=O) groups excluding carboxylic acids is 1. The summed E-state index contributed by atoms with van der Waals surface area (Å²) in [6.45, 7) is -1.16. The maximum absolute atomic E-state index is 13.5. The Balaban J connectivity index is 1.08. The molecule has 0 spiro atoms. The van der Waals surface area contributed by atoms with Gasteiger partial charge in [0, 0.05) is 37.9 Å². The van der Waals surface area contributed by atoms with Crippen molar-refractivity contribution >= 4 is 17.0 Å². The molecule has 13 nitrogen and oxygen atoms in total. The van der Waals surface area contributed by atoms with E-state index in [1.165, 1.54) is 0 Å². The Morgan fingerprint density at radius 2 is 1.72 bits per heavy atom. The second kappa shape index (κ2) is 11.1.